The number of nitrogens with one attached hydrogen (secondary N) is 1. The largest absolute Gasteiger partial charge is 0.396 e. The summed E-state index contributed by atoms with van der Waals surface area (Å²) < 4.78 is 0. The number of rotatable bonds is 5. The highest BCUT2D eigenvalue weighted by Crippen LogP contribution is 2.34. The van der Waals surface area contributed by atoms with Crippen molar-refractivity contribution in [3.05, 3.63) is 17.8 Å². The fourth-order valence-corrected chi connectivity index (χ4v) is 2.81. The Balaban J connectivity index is 2.13. The Kier molecular flexibility index (Phi) is 4.13. The van der Waals surface area contributed by atoms with Gasteiger partial charge in [-0.2, -0.15) is 0 Å². The Bertz CT molecular complexity index is 494. The molecule has 1 aliphatic carbocycles. The average Bonchev–Trinajstić information content (AvgIpc) is 2.87. The predicted octanol–water partition coefficient (Wildman–Crippen LogP) is 1.05. The summed E-state index contributed by atoms with van der Waals surface area (Å²) in [6.07, 6.45) is 4.79. The van der Waals surface area contributed by atoms with E-state index in [4.69, 9.17) is 11.5 Å². The van der Waals surface area contributed by atoms with Crippen LogP contribution < -0.4 is 16.8 Å². The first-order valence-electron chi connectivity index (χ1n) is 6.92. The second kappa shape index (κ2) is 5.66. The number of hydrogen-bond acceptors (Lipinski definition) is 5. The maximum absolute atomic E-state index is 11.2. The minimum Gasteiger partial charge on any atom is -0.396 e. The number of aromatic nitrogens is 1. The monoisotopic (exact) mass is 277 g/mol. The molecule has 1 fully saturated rings. The molecular weight excluding hydrogens is 254 g/mol. The number of pyridine rings is 1. The van der Waals surface area contributed by atoms with Crippen molar-refractivity contribution in [1.82, 2.24) is 9.88 Å². The SMILES string of the molecule is CN(C)C1(CNc2nc(C(N)=O)ccc2N)CCCC1. The van der Waals surface area contributed by atoms with Crippen molar-refractivity contribution in [2.24, 2.45) is 5.73 Å². The van der Waals surface area contributed by atoms with Gasteiger partial charge in [0.2, 0.25) is 0 Å². The normalized spacial score (nSPS) is 17.4. The van der Waals surface area contributed by atoms with Crippen molar-refractivity contribution >= 4 is 17.4 Å². The molecule has 1 aliphatic rings. The van der Waals surface area contributed by atoms with Crippen LogP contribution in [0, 0.1) is 0 Å². The molecule has 0 unspecified atom stereocenters. The molecule has 6 nitrogen and oxygen atoms in total. The third kappa shape index (κ3) is 2.85. The van der Waals surface area contributed by atoms with Crippen LogP contribution in [0.3, 0.4) is 0 Å². The fourth-order valence-electron chi connectivity index (χ4n) is 2.81. The molecule has 0 atom stereocenters. The lowest BCUT2D eigenvalue weighted by molar-refractivity contribution is 0.0995. The molecule has 0 bridgehead atoms. The molecule has 1 heterocycles. The number of nitrogens with two attached hydrogens (primary N) is 2. The molecular formula is C14H23N5O. The van der Waals surface area contributed by atoms with E-state index in [1.165, 1.54) is 12.8 Å². The summed E-state index contributed by atoms with van der Waals surface area (Å²) in [5.74, 6) is -0.00864. The highest BCUT2D eigenvalue weighted by atomic mass is 16.1. The van der Waals surface area contributed by atoms with Crippen LogP contribution in [-0.4, -0.2) is 42.0 Å². The zero-order chi connectivity index (χ0) is 14.8. The number of likely N-dealkylation sites (N-methyl/N-ethyl adjacent to an activating group) is 1. The summed E-state index contributed by atoms with van der Waals surface area (Å²) in [5.41, 5.74) is 12.0. The molecule has 2 rings (SSSR count). The average molecular weight is 277 g/mol. The number of anilines is 2. The van der Waals surface area contributed by atoms with Crippen molar-refractivity contribution in [1.29, 1.82) is 0 Å². The van der Waals surface area contributed by atoms with E-state index in [1.807, 2.05) is 0 Å². The van der Waals surface area contributed by atoms with Crippen molar-refractivity contribution in [2.75, 3.05) is 31.7 Å². The van der Waals surface area contributed by atoms with Gasteiger partial charge in [0.1, 0.15) is 11.5 Å². The van der Waals surface area contributed by atoms with Gasteiger partial charge in [-0.05, 0) is 39.1 Å². The van der Waals surface area contributed by atoms with Crippen molar-refractivity contribution in [2.45, 2.75) is 31.2 Å². The first-order chi connectivity index (χ1) is 9.44. The highest BCUT2D eigenvalue weighted by Gasteiger charge is 2.35. The van der Waals surface area contributed by atoms with E-state index in [0.29, 0.717) is 11.5 Å². The minimum absolute atomic E-state index is 0.136. The Labute approximate surface area is 119 Å². The second-order valence-corrected chi connectivity index (χ2v) is 5.68. The van der Waals surface area contributed by atoms with Crippen molar-refractivity contribution < 1.29 is 4.79 Å². The summed E-state index contributed by atoms with van der Waals surface area (Å²) in [5, 5.41) is 3.29. The fraction of sp³-hybridized carbons (Fsp3) is 0.571. The van der Waals surface area contributed by atoms with Crippen molar-refractivity contribution in [3.63, 3.8) is 0 Å². The van der Waals surface area contributed by atoms with Crippen molar-refractivity contribution in [3.8, 4) is 0 Å². The van der Waals surface area contributed by atoms with E-state index in [2.05, 4.69) is 29.3 Å². The minimum atomic E-state index is -0.545. The van der Waals surface area contributed by atoms with Gasteiger partial charge in [-0.1, -0.05) is 12.8 Å². The van der Waals surface area contributed by atoms with Crippen LogP contribution in [0.2, 0.25) is 0 Å². The number of primary amides is 1. The Hall–Kier alpha value is -1.82. The molecule has 0 radical (unpaired) electrons. The molecule has 0 saturated heterocycles. The standard InChI is InChI=1S/C14H23N5O/c1-19(2)14(7-3-4-8-14)9-17-13-10(15)5-6-11(18-13)12(16)20/h5-6H,3-4,7-9,15H2,1-2H3,(H2,16,20)(H,17,18). The van der Waals surface area contributed by atoms with Gasteiger partial charge in [-0.25, -0.2) is 4.98 Å². The Morgan fingerprint density at radius 3 is 2.60 bits per heavy atom. The van der Waals surface area contributed by atoms with E-state index in [1.54, 1.807) is 12.1 Å². The highest BCUT2D eigenvalue weighted by molar-refractivity contribution is 5.91. The lowest BCUT2D eigenvalue weighted by Gasteiger charge is -2.36. The van der Waals surface area contributed by atoms with E-state index in [9.17, 15) is 4.79 Å². The van der Waals surface area contributed by atoms with Crippen LogP contribution in [-0.2, 0) is 0 Å². The van der Waals surface area contributed by atoms with Crippen LogP contribution in [0.5, 0.6) is 0 Å². The first kappa shape index (κ1) is 14.6. The molecule has 0 spiro atoms. The van der Waals surface area contributed by atoms with Gasteiger partial charge in [0.15, 0.2) is 0 Å². The first-order valence-corrected chi connectivity index (χ1v) is 6.92. The Morgan fingerprint density at radius 1 is 1.40 bits per heavy atom. The number of hydrogen-bond donors (Lipinski definition) is 3. The number of nitrogen functional groups attached to an aromatic ring is 1. The summed E-state index contributed by atoms with van der Waals surface area (Å²) >= 11 is 0. The predicted molar refractivity (Wildman–Crippen MR) is 80.5 cm³/mol. The molecule has 0 aromatic carbocycles. The lowest BCUT2D eigenvalue weighted by atomic mass is 9.96. The summed E-state index contributed by atoms with van der Waals surface area (Å²) in [6, 6.07) is 3.20. The van der Waals surface area contributed by atoms with E-state index in [0.717, 1.165) is 19.4 Å². The molecule has 1 aromatic heterocycles. The van der Waals surface area contributed by atoms with E-state index >= 15 is 0 Å². The molecule has 1 aromatic rings. The quantitative estimate of drug-likeness (QED) is 0.747. The number of carbonyl (C=O) groups excluding carboxylic acids is 1. The van der Waals surface area contributed by atoms with Crippen LogP contribution in [0.1, 0.15) is 36.2 Å². The van der Waals surface area contributed by atoms with E-state index in [-0.39, 0.29) is 11.2 Å². The molecule has 6 heteroatoms. The van der Waals surface area contributed by atoms with Gasteiger partial charge >= 0.3 is 0 Å². The summed E-state index contributed by atoms with van der Waals surface area (Å²) in [6.45, 7) is 0.763. The molecule has 1 amide bonds. The molecule has 1 saturated carbocycles. The molecule has 5 N–H and O–H groups in total. The van der Waals surface area contributed by atoms with Gasteiger partial charge < -0.3 is 21.7 Å². The molecule has 110 valence electrons. The number of nitrogens with zero attached hydrogens (tertiary/aromatic N) is 2. The zero-order valence-corrected chi connectivity index (χ0v) is 12.1. The van der Waals surface area contributed by atoms with Crippen LogP contribution >= 0.6 is 0 Å². The summed E-state index contributed by atoms with van der Waals surface area (Å²) in [4.78, 5) is 17.6. The van der Waals surface area contributed by atoms with E-state index < -0.39 is 5.91 Å². The van der Waals surface area contributed by atoms with Gasteiger partial charge in [-0.3, -0.25) is 4.79 Å². The topological polar surface area (TPSA) is 97.3 Å². The second-order valence-electron chi connectivity index (χ2n) is 5.68. The van der Waals surface area contributed by atoms with Gasteiger partial charge in [-0.15, -0.1) is 0 Å². The van der Waals surface area contributed by atoms with Crippen LogP contribution in [0.15, 0.2) is 12.1 Å². The van der Waals surface area contributed by atoms with Gasteiger partial charge in [0.25, 0.3) is 5.91 Å². The smallest absolute Gasteiger partial charge is 0.267 e. The lowest BCUT2D eigenvalue weighted by Crippen LogP contribution is -2.47. The van der Waals surface area contributed by atoms with Gasteiger partial charge in [0, 0.05) is 12.1 Å². The van der Waals surface area contributed by atoms with Crippen LogP contribution in [0.4, 0.5) is 11.5 Å². The third-order valence-corrected chi connectivity index (χ3v) is 4.25. The van der Waals surface area contributed by atoms with Crippen LogP contribution in [0.25, 0.3) is 0 Å². The third-order valence-electron chi connectivity index (χ3n) is 4.25. The maximum atomic E-state index is 11.2. The van der Waals surface area contributed by atoms with Gasteiger partial charge in [0.05, 0.1) is 5.69 Å². The maximum Gasteiger partial charge on any atom is 0.267 e. The summed E-state index contributed by atoms with van der Waals surface area (Å²) in [7, 11) is 4.20. The molecule has 0 aliphatic heterocycles. The Morgan fingerprint density at radius 2 is 2.05 bits per heavy atom. The molecule has 20 heavy (non-hydrogen) atoms. The number of carbonyl (C=O) groups is 1. The number of amides is 1. The zero-order valence-electron chi connectivity index (χ0n) is 12.1.